The molecular formula is C21H28N2O6S. The highest BCUT2D eigenvalue weighted by Gasteiger charge is 2.21. The van der Waals surface area contributed by atoms with Crippen molar-refractivity contribution >= 4 is 21.6 Å². The number of nitrogens with zero attached hydrogens (tertiary/aromatic N) is 1. The molecule has 0 aliphatic rings. The third kappa shape index (κ3) is 5.79. The van der Waals surface area contributed by atoms with Gasteiger partial charge in [-0.05, 0) is 54.8 Å². The molecule has 0 atom stereocenters. The number of anilines is 1. The van der Waals surface area contributed by atoms with Crippen LogP contribution in [0.1, 0.15) is 16.7 Å². The van der Waals surface area contributed by atoms with Crippen LogP contribution in [0.5, 0.6) is 17.2 Å². The molecule has 8 nitrogen and oxygen atoms in total. The first-order valence-corrected chi connectivity index (χ1v) is 11.1. The van der Waals surface area contributed by atoms with Crippen molar-refractivity contribution in [2.45, 2.75) is 20.4 Å². The lowest BCUT2D eigenvalue weighted by Gasteiger charge is -2.23. The van der Waals surface area contributed by atoms with Gasteiger partial charge in [-0.25, -0.2) is 8.42 Å². The number of sulfonamides is 1. The van der Waals surface area contributed by atoms with Crippen molar-refractivity contribution in [1.82, 2.24) is 5.32 Å². The van der Waals surface area contributed by atoms with Crippen LogP contribution in [0.25, 0.3) is 0 Å². The standard InChI is InChI=1S/C21H28N2O6S/c1-14-7-15(2)9-17(8-14)23(30(6,25)26)13-20(24)22-12-16-10-18(27-3)21(29-5)19(11-16)28-4/h7-11H,12-13H2,1-6H3,(H,22,24). The van der Waals surface area contributed by atoms with Gasteiger partial charge in [-0.15, -0.1) is 0 Å². The third-order valence-corrected chi connectivity index (χ3v) is 5.54. The number of amides is 1. The van der Waals surface area contributed by atoms with Gasteiger partial charge in [0.25, 0.3) is 0 Å². The Morgan fingerprint density at radius 2 is 1.47 bits per heavy atom. The number of carbonyl (C=O) groups is 1. The number of methoxy groups -OCH3 is 3. The van der Waals surface area contributed by atoms with Crippen LogP contribution in [0.4, 0.5) is 5.69 Å². The number of nitrogens with one attached hydrogen (secondary N) is 1. The van der Waals surface area contributed by atoms with Crippen molar-refractivity contribution in [3.05, 3.63) is 47.0 Å². The van der Waals surface area contributed by atoms with Crippen LogP contribution in [0.2, 0.25) is 0 Å². The fourth-order valence-electron chi connectivity index (χ4n) is 3.12. The monoisotopic (exact) mass is 436 g/mol. The zero-order chi connectivity index (χ0) is 22.5. The summed E-state index contributed by atoms with van der Waals surface area (Å²) in [5.41, 5.74) is 3.00. The summed E-state index contributed by atoms with van der Waals surface area (Å²) in [7, 11) is 0.879. The second kappa shape index (κ2) is 9.71. The van der Waals surface area contributed by atoms with E-state index in [9.17, 15) is 13.2 Å². The van der Waals surface area contributed by atoms with E-state index in [2.05, 4.69) is 5.32 Å². The number of carbonyl (C=O) groups excluding carboxylic acids is 1. The molecule has 0 unspecified atom stereocenters. The van der Waals surface area contributed by atoms with Gasteiger partial charge in [0.1, 0.15) is 6.54 Å². The first-order valence-electron chi connectivity index (χ1n) is 9.20. The van der Waals surface area contributed by atoms with Crippen LogP contribution in [0.3, 0.4) is 0 Å². The van der Waals surface area contributed by atoms with Crippen LogP contribution >= 0.6 is 0 Å². The van der Waals surface area contributed by atoms with Crippen molar-refractivity contribution in [3.8, 4) is 17.2 Å². The molecule has 1 N–H and O–H groups in total. The minimum atomic E-state index is -3.64. The van der Waals surface area contributed by atoms with Crippen LogP contribution in [0.15, 0.2) is 30.3 Å². The molecule has 0 spiro atoms. The first kappa shape index (κ1) is 23.3. The average molecular weight is 437 g/mol. The summed E-state index contributed by atoms with van der Waals surface area (Å²) >= 11 is 0. The Morgan fingerprint density at radius 3 is 1.90 bits per heavy atom. The van der Waals surface area contributed by atoms with Crippen LogP contribution in [-0.2, 0) is 21.4 Å². The number of benzene rings is 2. The van der Waals surface area contributed by atoms with Crippen molar-refractivity contribution in [1.29, 1.82) is 0 Å². The Labute approximate surface area is 177 Å². The Balaban J connectivity index is 2.19. The lowest BCUT2D eigenvalue weighted by molar-refractivity contribution is -0.119. The van der Waals surface area contributed by atoms with Crippen molar-refractivity contribution in [2.24, 2.45) is 0 Å². The van der Waals surface area contributed by atoms with Crippen LogP contribution in [-0.4, -0.2) is 48.5 Å². The lowest BCUT2D eigenvalue weighted by atomic mass is 10.1. The molecule has 2 aromatic carbocycles. The second-order valence-corrected chi connectivity index (χ2v) is 8.83. The van der Waals surface area contributed by atoms with Gasteiger partial charge in [0.15, 0.2) is 11.5 Å². The summed E-state index contributed by atoms with van der Waals surface area (Å²) in [5, 5.41) is 2.74. The number of hydrogen-bond acceptors (Lipinski definition) is 6. The number of ether oxygens (including phenoxy) is 3. The zero-order valence-corrected chi connectivity index (χ0v) is 18.9. The molecule has 0 heterocycles. The molecule has 0 fully saturated rings. The number of rotatable bonds is 9. The summed E-state index contributed by atoms with van der Waals surface area (Å²) in [4.78, 5) is 12.5. The van der Waals surface area contributed by atoms with Gasteiger partial charge in [0.05, 0.1) is 33.3 Å². The fourth-order valence-corrected chi connectivity index (χ4v) is 3.96. The molecule has 0 aromatic heterocycles. The summed E-state index contributed by atoms with van der Waals surface area (Å²) in [6.45, 7) is 3.59. The smallest absolute Gasteiger partial charge is 0.241 e. The van der Waals surface area contributed by atoms with E-state index in [0.29, 0.717) is 22.9 Å². The number of hydrogen-bond donors (Lipinski definition) is 1. The predicted octanol–water partition coefficient (Wildman–Crippen LogP) is 2.41. The largest absolute Gasteiger partial charge is 0.493 e. The van der Waals surface area contributed by atoms with Gasteiger partial charge in [-0.1, -0.05) is 6.07 Å². The molecule has 1 amide bonds. The maximum absolute atomic E-state index is 12.5. The van der Waals surface area contributed by atoms with Gasteiger partial charge in [-0.3, -0.25) is 9.10 Å². The minimum absolute atomic E-state index is 0.167. The highest BCUT2D eigenvalue weighted by Crippen LogP contribution is 2.38. The second-order valence-electron chi connectivity index (χ2n) is 6.93. The molecule has 0 aliphatic carbocycles. The summed E-state index contributed by atoms with van der Waals surface area (Å²) in [6.07, 6.45) is 1.08. The van der Waals surface area contributed by atoms with Crippen LogP contribution in [0, 0.1) is 13.8 Å². The molecule has 0 aliphatic heterocycles. The third-order valence-electron chi connectivity index (χ3n) is 4.40. The molecule has 2 aromatic rings. The van der Waals surface area contributed by atoms with Gasteiger partial charge in [-0.2, -0.15) is 0 Å². The molecule has 0 radical (unpaired) electrons. The summed E-state index contributed by atoms with van der Waals surface area (Å²) in [6, 6.07) is 8.86. The zero-order valence-electron chi connectivity index (χ0n) is 18.1. The van der Waals surface area contributed by atoms with E-state index in [1.54, 1.807) is 24.3 Å². The SMILES string of the molecule is COc1cc(CNC(=O)CN(c2cc(C)cc(C)c2)S(C)(=O)=O)cc(OC)c1OC. The Morgan fingerprint density at radius 1 is 0.933 bits per heavy atom. The highest BCUT2D eigenvalue weighted by atomic mass is 32.2. The minimum Gasteiger partial charge on any atom is -0.493 e. The Kier molecular flexibility index (Phi) is 7.55. The average Bonchev–Trinajstić information content (AvgIpc) is 2.67. The van der Waals surface area contributed by atoms with Crippen molar-refractivity contribution in [3.63, 3.8) is 0 Å². The summed E-state index contributed by atoms with van der Waals surface area (Å²) < 4.78 is 41.6. The van der Waals surface area contributed by atoms with E-state index in [0.717, 1.165) is 27.3 Å². The molecule has 30 heavy (non-hydrogen) atoms. The Hall–Kier alpha value is -2.94. The van der Waals surface area contributed by atoms with E-state index in [1.807, 2.05) is 19.9 Å². The molecule has 0 saturated carbocycles. The van der Waals surface area contributed by atoms with E-state index < -0.39 is 15.9 Å². The van der Waals surface area contributed by atoms with E-state index in [1.165, 1.54) is 21.3 Å². The normalized spacial score (nSPS) is 11.0. The van der Waals surface area contributed by atoms with Crippen LogP contribution < -0.4 is 23.8 Å². The van der Waals surface area contributed by atoms with E-state index >= 15 is 0 Å². The maximum Gasteiger partial charge on any atom is 0.241 e. The molecule has 164 valence electrons. The fraction of sp³-hybridized carbons (Fsp3) is 0.381. The van der Waals surface area contributed by atoms with Gasteiger partial charge >= 0.3 is 0 Å². The first-order chi connectivity index (χ1) is 14.1. The van der Waals surface area contributed by atoms with E-state index in [-0.39, 0.29) is 13.1 Å². The molecule has 0 bridgehead atoms. The topological polar surface area (TPSA) is 94.2 Å². The van der Waals surface area contributed by atoms with Gasteiger partial charge in [0.2, 0.25) is 21.7 Å². The maximum atomic E-state index is 12.5. The van der Waals surface area contributed by atoms with Crippen molar-refractivity contribution in [2.75, 3.05) is 38.4 Å². The lowest BCUT2D eigenvalue weighted by Crippen LogP contribution is -2.40. The van der Waals surface area contributed by atoms with Crippen molar-refractivity contribution < 1.29 is 27.4 Å². The van der Waals surface area contributed by atoms with Gasteiger partial charge < -0.3 is 19.5 Å². The molecule has 2 rings (SSSR count). The predicted molar refractivity (Wildman–Crippen MR) is 116 cm³/mol. The molecule has 0 saturated heterocycles. The summed E-state index contributed by atoms with van der Waals surface area (Å²) in [5.74, 6) is 0.949. The molecule has 9 heteroatoms. The van der Waals surface area contributed by atoms with E-state index in [4.69, 9.17) is 14.2 Å². The number of aryl methyl sites for hydroxylation is 2. The Bertz CT molecular complexity index is 975. The molecular weight excluding hydrogens is 408 g/mol. The quantitative estimate of drug-likeness (QED) is 0.649. The van der Waals surface area contributed by atoms with Gasteiger partial charge in [0, 0.05) is 6.54 Å². The highest BCUT2D eigenvalue weighted by molar-refractivity contribution is 7.92.